The van der Waals surface area contributed by atoms with Crippen molar-refractivity contribution in [3.8, 4) is 0 Å². The van der Waals surface area contributed by atoms with Crippen molar-refractivity contribution in [2.75, 3.05) is 13.1 Å². The van der Waals surface area contributed by atoms with E-state index in [9.17, 15) is 24.0 Å². The highest BCUT2D eigenvalue weighted by molar-refractivity contribution is 6.24. The molecule has 0 spiro atoms. The lowest BCUT2D eigenvalue weighted by molar-refractivity contribution is -0.136. The van der Waals surface area contributed by atoms with Gasteiger partial charge >= 0.3 is 6.03 Å². The summed E-state index contributed by atoms with van der Waals surface area (Å²) in [5, 5.41) is 4.92. The van der Waals surface area contributed by atoms with E-state index in [1.165, 1.54) is 6.07 Å². The molecule has 2 heterocycles. The molecule has 1 fully saturated rings. The van der Waals surface area contributed by atoms with Gasteiger partial charge in [-0.25, -0.2) is 4.79 Å². The minimum atomic E-state index is -1.01. The summed E-state index contributed by atoms with van der Waals surface area (Å²) >= 11 is 0. The van der Waals surface area contributed by atoms with Gasteiger partial charge in [-0.1, -0.05) is 19.6 Å². The van der Waals surface area contributed by atoms with Gasteiger partial charge in [0.2, 0.25) is 11.8 Å². The second-order valence-electron chi connectivity index (χ2n) is 6.62. The Labute approximate surface area is 169 Å². The van der Waals surface area contributed by atoms with Crippen molar-refractivity contribution in [2.45, 2.75) is 46.7 Å². The van der Waals surface area contributed by atoms with Crippen molar-refractivity contribution < 1.29 is 24.0 Å². The molecule has 1 unspecified atom stereocenters. The number of amides is 6. The van der Waals surface area contributed by atoms with Crippen LogP contribution in [0.1, 0.15) is 60.4 Å². The van der Waals surface area contributed by atoms with Crippen LogP contribution in [0, 0.1) is 0 Å². The Hall–Kier alpha value is -3.23. The zero-order chi connectivity index (χ0) is 20.4. The predicted molar refractivity (Wildman–Crippen MR) is 105 cm³/mol. The number of urea groups is 1. The largest absolute Gasteiger partial charge is 0.334 e. The summed E-state index contributed by atoms with van der Waals surface area (Å²) in [6.45, 7) is 4.92. The molecule has 2 N–H and O–H groups in total. The van der Waals surface area contributed by atoms with Crippen LogP contribution in [-0.4, -0.2) is 58.6 Å². The zero-order valence-electron chi connectivity index (χ0n) is 15.8. The number of fused-ring (bicyclic) bond motifs is 1. The second kappa shape index (κ2) is 8.85. The maximum Gasteiger partial charge on any atom is 0.317 e. The quantitative estimate of drug-likeness (QED) is 0.720. The van der Waals surface area contributed by atoms with Crippen LogP contribution in [0.2, 0.25) is 0 Å². The summed E-state index contributed by atoms with van der Waals surface area (Å²) in [6.07, 6.45) is 0.167. The lowest BCUT2D eigenvalue weighted by Gasteiger charge is -2.27. The Morgan fingerprint density at radius 1 is 1.17 bits per heavy atom. The molecule has 0 aromatic heterocycles. The standard InChI is InChI=1S/C19H22N4O5.CH4/c1-3-22(4-2)19(28)20-10-11-6-5-7-12-15(11)18(27)23(17(12)26)13-8-9-14(24)21-16(13)25;/h5-7,13H,3-4,8-10H2,1-2H3,(H,20,28)(H,21,24,25);1H4. The summed E-state index contributed by atoms with van der Waals surface area (Å²) in [4.78, 5) is 63.9. The van der Waals surface area contributed by atoms with Gasteiger partial charge in [-0.15, -0.1) is 0 Å². The predicted octanol–water partition coefficient (Wildman–Crippen LogP) is 1.28. The van der Waals surface area contributed by atoms with Crippen LogP contribution in [0.5, 0.6) is 0 Å². The lowest BCUT2D eigenvalue weighted by atomic mass is 10.0. The molecule has 0 saturated carbocycles. The van der Waals surface area contributed by atoms with Gasteiger partial charge < -0.3 is 10.2 Å². The minimum absolute atomic E-state index is 0. The van der Waals surface area contributed by atoms with Crippen molar-refractivity contribution in [3.63, 3.8) is 0 Å². The molecule has 0 radical (unpaired) electrons. The van der Waals surface area contributed by atoms with Crippen molar-refractivity contribution >= 4 is 29.7 Å². The highest BCUT2D eigenvalue weighted by Crippen LogP contribution is 2.29. The van der Waals surface area contributed by atoms with Gasteiger partial charge in [0.25, 0.3) is 11.8 Å². The molecule has 156 valence electrons. The van der Waals surface area contributed by atoms with Gasteiger partial charge in [-0.05, 0) is 31.9 Å². The average Bonchev–Trinajstić information content (AvgIpc) is 2.93. The van der Waals surface area contributed by atoms with E-state index >= 15 is 0 Å². The number of piperidine rings is 1. The third kappa shape index (κ3) is 3.98. The van der Waals surface area contributed by atoms with Gasteiger partial charge in [0, 0.05) is 26.1 Å². The fraction of sp³-hybridized carbons (Fsp3) is 0.450. The Bertz CT molecular complexity index is 862. The molecule has 1 aromatic carbocycles. The van der Waals surface area contributed by atoms with E-state index in [1.54, 1.807) is 17.0 Å². The van der Waals surface area contributed by atoms with E-state index in [1.807, 2.05) is 13.8 Å². The van der Waals surface area contributed by atoms with Crippen LogP contribution in [0.25, 0.3) is 0 Å². The minimum Gasteiger partial charge on any atom is -0.334 e. The molecule has 29 heavy (non-hydrogen) atoms. The van der Waals surface area contributed by atoms with Crippen LogP contribution in [0.3, 0.4) is 0 Å². The van der Waals surface area contributed by atoms with E-state index in [2.05, 4.69) is 10.6 Å². The first kappa shape index (κ1) is 22.1. The van der Waals surface area contributed by atoms with Gasteiger partial charge in [-0.2, -0.15) is 0 Å². The summed E-state index contributed by atoms with van der Waals surface area (Å²) in [5.41, 5.74) is 0.896. The van der Waals surface area contributed by atoms with Gasteiger partial charge in [0.1, 0.15) is 6.04 Å². The second-order valence-corrected chi connectivity index (χ2v) is 6.62. The highest BCUT2D eigenvalue weighted by Gasteiger charge is 2.45. The lowest BCUT2D eigenvalue weighted by Crippen LogP contribution is -2.54. The van der Waals surface area contributed by atoms with E-state index < -0.39 is 29.7 Å². The van der Waals surface area contributed by atoms with E-state index in [0.29, 0.717) is 18.7 Å². The van der Waals surface area contributed by atoms with Crippen LogP contribution in [0.4, 0.5) is 4.79 Å². The third-order valence-corrected chi connectivity index (χ3v) is 5.04. The maximum atomic E-state index is 13.0. The first-order valence-electron chi connectivity index (χ1n) is 9.25. The molecule has 0 bridgehead atoms. The van der Waals surface area contributed by atoms with Crippen molar-refractivity contribution in [3.05, 3.63) is 34.9 Å². The molecule has 1 aromatic rings. The molecular formula is C20H26N4O5. The van der Waals surface area contributed by atoms with Crippen molar-refractivity contribution in [1.82, 2.24) is 20.4 Å². The fourth-order valence-electron chi connectivity index (χ4n) is 3.53. The molecule has 1 saturated heterocycles. The molecule has 9 nitrogen and oxygen atoms in total. The monoisotopic (exact) mass is 402 g/mol. The van der Waals surface area contributed by atoms with Gasteiger partial charge in [0.15, 0.2) is 0 Å². The van der Waals surface area contributed by atoms with Gasteiger partial charge in [0.05, 0.1) is 11.1 Å². The molecule has 1 atom stereocenters. The Balaban J connectivity index is 0.00000300. The van der Waals surface area contributed by atoms with Crippen LogP contribution >= 0.6 is 0 Å². The number of rotatable bonds is 5. The molecule has 2 aliphatic heterocycles. The normalized spacial score (nSPS) is 18.1. The Morgan fingerprint density at radius 2 is 1.86 bits per heavy atom. The van der Waals surface area contributed by atoms with Crippen LogP contribution in [-0.2, 0) is 16.1 Å². The highest BCUT2D eigenvalue weighted by atomic mass is 16.2. The Kier molecular flexibility index (Phi) is 6.73. The zero-order valence-corrected chi connectivity index (χ0v) is 15.8. The van der Waals surface area contributed by atoms with Crippen LogP contribution in [0.15, 0.2) is 18.2 Å². The number of hydrogen-bond donors (Lipinski definition) is 2. The molecule has 6 amide bonds. The number of carbonyl (C=O) groups is 5. The first-order chi connectivity index (χ1) is 13.4. The molecule has 2 aliphatic rings. The fourth-order valence-corrected chi connectivity index (χ4v) is 3.53. The number of benzene rings is 1. The molecule has 3 rings (SSSR count). The average molecular weight is 402 g/mol. The first-order valence-corrected chi connectivity index (χ1v) is 9.25. The summed E-state index contributed by atoms with van der Waals surface area (Å²) in [5.74, 6) is -2.21. The van der Waals surface area contributed by atoms with Crippen molar-refractivity contribution in [2.24, 2.45) is 0 Å². The number of hydrogen-bond acceptors (Lipinski definition) is 5. The van der Waals surface area contributed by atoms with Crippen LogP contribution < -0.4 is 10.6 Å². The number of nitrogens with zero attached hydrogens (tertiary/aromatic N) is 2. The van der Waals surface area contributed by atoms with E-state index in [0.717, 1.165) is 4.90 Å². The summed E-state index contributed by atoms with van der Waals surface area (Å²) in [7, 11) is 0. The number of imide groups is 2. The smallest absolute Gasteiger partial charge is 0.317 e. The maximum absolute atomic E-state index is 13.0. The molecule has 9 heteroatoms. The molecular weight excluding hydrogens is 376 g/mol. The molecule has 0 aliphatic carbocycles. The van der Waals surface area contributed by atoms with Gasteiger partial charge in [-0.3, -0.25) is 29.4 Å². The van der Waals surface area contributed by atoms with Crippen molar-refractivity contribution in [1.29, 1.82) is 0 Å². The number of nitrogens with one attached hydrogen (secondary N) is 2. The summed E-state index contributed by atoms with van der Waals surface area (Å²) in [6, 6.07) is 3.55. The van der Waals surface area contributed by atoms with E-state index in [4.69, 9.17) is 0 Å². The third-order valence-electron chi connectivity index (χ3n) is 5.04. The number of carbonyl (C=O) groups excluding carboxylic acids is 5. The SMILES string of the molecule is C.CCN(CC)C(=O)NCc1cccc2c1C(=O)N(C1CCC(=O)NC1=O)C2=O. The topological polar surface area (TPSA) is 116 Å². The summed E-state index contributed by atoms with van der Waals surface area (Å²) < 4.78 is 0. The van der Waals surface area contributed by atoms with E-state index in [-0.39, 0.29) is 44.0 Å². The Morgan fingerprint density at radius 3 is 2.48 bits per heavy atom.